The van der Waals surface area contributed by atoms with Gasteiger partial charge in [-0.15, -0.1) is 0 Å². The lowest BCUT2D eigenvalue weighted by molar-refractivity contribution is -0.137. The molecule has 1 heterocycles. The molecule has 9 heteroatoms. The number of nitrogens with one attached hydrogen (secondary N) is 1. The first-order chi connectivity index (χ1) is 14.9. The van der Waals surface area contributed by atoms with Crippen LogP contribution in [0.1, 0.15) is 57.1 Å². The minimum Gasteiger partial charge on any atom is -0.351 e. The van der Waals surface area contributed by atoms with E-state index in [0.29, 0.717) is 12.3 Å². The third-order valence-corrected chi connectivity index (χ3v) is 5.93. The summed E-state index contributed by atoms with van der Waals surface area (Å²) >= 11 is 5.78. The number of hydrogen-bond donors (Lipinski definition) is 1. The van der Waals surface area contributed by atoms with Crippen molar-refractivity contribution < 1.29 is 27.6 Å². The lowest BCUT2D eigenvalue weighted by Gasteiger charge is -2.16. The number of alkyl halides is 3. The van der Waals surface area contributed by atoms with Crippen molar-refractivity contribution in [1.82, 2.24) is 10.3 Å². The second kappa shape index (κ2) is 9.02. The molecule has 1 aliphatic carbocycles. The highest BCUT2D eigenvalue weighted by Gasteiger charge is 2.42. The Morgan fingerprint density at radius 2 is 1.78 bits per heavy atom. The minimum atomic E-state index is -4.62. The molecule has 1 N–H and O–H groups in total. The number of Topliss-reactive ketones (excluding diaryl/α,β-unsaturated/α-hetero) is 2. The molecule has 0 spiro atoms. The van der Waals surface area contributed by atoms with Crippen LogP contribution in [-0.2, 0) is 15.8 Å². The standard InChI is InChI=1S/C23H22ClF3N2O3/c1-11-6-12(2)18(13(3)7-11)19-17(30)8-14(21(19)31)4-5-28-22(32)20-16(24)9-15(10-29-20)23(25,26)27/h6-7,9-10,14,19H,4-5,8H2,1-3H3,(H,28,32). The van der Waals surface area contributed by atoms with Crippen molar-refractivity contribution in [3.05, 3.63) is 62.9 Å². The zero-order chi connectivity index (χ0) is 23.8. The average Bonchev–Trinajstić information content (AvgIpc) is 2.94. The topological polar surface area (TPSA) is 76.1 Å². The number of ketones is 2. The van der Waals surface area contributed by atoms with Crippen LogP contribution in [0.25, 0.3) is 0 Å². The Balaban J connectivity index is 1.64. The summed E-state index contributed by atoms with van der Waals surface area (Å²) in [5, 5.41) is 2.09. The van der Waals surface area contributed by atoms with Gasteiger partial charge in [0.25, 0.3) is 5.91 Å². The molecule has 0 aliphatic heterocycles. The van der Waals surface area contributed by atoms with E-state index in [2.05, 4.69) is 10.3 Å². The van der Waals surface area contributed by atoms with Gasteiger partial charge < -0.3 is 5.32 Å². The van der Waals surface area contributed by atoms with E-state index in [1.54, 1.807) is 0 Å². The van der Waals surface area contributed by atoms with Gasteiger partial charge in [-0.05, 0) is 49.9 Å². The molecule has 1 aromatic heterocycles. The number of nitrogens with zero attached hydrogens (tertiary/aromatic N) is 1. The molecule has 170 valence electrons. The fraction of sp³-hybridized carbons (Fsp3) is 0.391. The van der Waals surface area contributed by atoms with E-state index in [0.717, 1.165) is 22.3 Å². The summed E-state index contributed by atoms with van der Waals surface area (Å²) < 4.78 is 38.1. The van der Waals surface area contributed by atoms with Gasteiger partial charge in [-0.3, -0.25) is 14.4 Å². The summed E-state index contributed by atoms with van der Waals surface area (Å²) in [4.78, 5) is 41.4. The van der Waals surface area contributed by atoms with Crippen LogP contribution in [0, 0.1) is 26.7 Å². The maximum Gasteiger partial charge on any atom is 0.417 e. The quantitative estimate of drug-likeness (QED) is 0.646. The van der Waals surface area contributed by atoms with Gasteiger partial charge in [0.1, 0.15) is 17.4 Å². The first-order valence-corrected chi connectivity index (χ1v) is 10.4. The third kappa shape index (κ3) is 4.85. The highest BCUT2D eigenvalue weighted by Crippen LogP contribution is 2.37. The lowest BCUT2D eigenvalue weighted by Crippen LogP contribution is -2.28. The van der Waals surface area contributed by atoms with Crippen molar-refractivity contribution in [3.8, 4) is 0 Å². The maximum atomic E-state index is 13.0. The summed E-state index contributed by atoms with van der Waals surface area (Å²) in [5.41, 5.74) is 2.20. The van der Waals surface area contributed by atoms with Gasteiger partial charge in [-0.2, -0.15) is 13.2 Å². The van der Waals surface area contributed by atoms with Crippen molar-refractivity contribution >= 4 is 29.1 Å². The normalized spacial score (nSPS) is 18.8. The summed E-state index contributed by atoms with van der Waals surface area (Å²) in [5.74, 6) is -2.41. The van der Waals surface area contributed by atoms with Gasteiger partial charge in [-0.1, -0.05) is 29.3 Å². The van der Waals surface area contributed by atoms with Crippen LogP contribution in [0.5, 0.6) is 0 Å². The molecule has 2 aromatic rings. The largest absolute Gasteiger partial charge is 0.417 e. The van der Waals surface area contributed by atoms with Gasteiger partial charge in [0.05, 0.1) is 10.6 Å². The maximum absolute atomic E-state index is 13.0. The number of rotatable bonds is 5. The van der Waals surface area contributed by atoms with E-state index in [-0.39, 0.29) is 36.6 Å². The van der Waals surface area contributed by atoms with Gasteiger partial charge in [0, 0.05) is 25.1 Å². The second-order valence-corrected chi connectivity index (χ2v) is 8.52. The van der Waals surface area contributed by atoms with E-state index in [1.165, 1.54) is 0 Å². The van der Waals surface area contributed by atoms with Gasteiger partial charge in [-0.25, -0.2) is 4.98 Å². The molecule has 3 rings (SSSR count). The van der Waals surface area contributed by atoms with Crippen LogP contribution in [0.2, 0.25) is 5.02 Å². The van der Waals surface area contributed by atoms with E-state index in [9.17, 15) is 27.6 Å². The Hall–Kier alpha value is -2.74. The number of pyridine rings is 1. The van der Waals surface area contributed by atoms with Gasteiger partial charge >= 0.3 is 6.18 Å². The Kier molecular flexibility index (Phi) is 6.74. The molecular weight excluding hydrogens is 445 g/mol. The van der Waals surface area contributed by atoms with Crippen molar-refractivity contribution in [2.45, 2.75) is 45.7 Å². The van der Waals surface area contributed by atoms with Gasteiger partial charge in [0.2, 0.25) is 0 Å². The zero-order valence-electron chi connectivity index (χ0n) is 17.8. The van der Waals surface area contributed by atoms with E-state index in [1.807, 2.05) is 32.9 Å². The van der Waals surface area contributed by atoms with Crippen LogP contribution in [0.15, 0.2) is 24.4 Å². The minimum absolute atomic E-state index is 0.0557. The van der Waals surface area contributed by atoms with E-state index >= 15 is 0 Å². The Labute approximate surface area is 188 Å². The van der Waals surface area contributed by atoms with Crippen LogP contribution >= 0.6 is 11.6 Å². The Morgan fingerprint density at radius 3 is 2.34 bits per heavy atom. The fourth-order valence-corrected chi connectivity index (χ4v) is 4.51. The van der Waals surface area contributed by atoms with Crippen LogP contribution in [0.3, 0.4) is 0 Å². The lowest BCUT2D eigenvalue weighted by atomic mass is 9.86. The molecule has 2 unspecified atom stereocenters. The molecule has 0 radical (unpaired) electrons. The molecule has 1 aromatic carbocycles. The first kappa shape index (κ1) is 23.9. The summed E-state index contributed by atoms with van der Waals surface area (Å²) in [6.45, 7) is 5.76. The van der Waals surface area contributed by atoms with E-state index in [4.69, 9.17) is 11.6 Å². The Morgan fingerprint density at radius 1 is 1.16 bits per heavy atom. The molecule has 32 heavy (non-hydrogen) atoms. The number of hydrogen-bond acceptors (Lipinski definition) is 4. The number of amides is 1. The Bertz CT molecular complexity index is 1080. The van der Waals surface area contributed by atoms with Crippen molar-refractivity contribution in [2.24, 2.45) is 5.92 Å². The van der Waals surface area contributed by atoms with Crippen LogP contribution < -0.4 is 5.32 Å². The number of halogens is 4. The number of aromatic nitrogens is 1. The fourth-order valence-electron chi connectivity index (χ4n) is 4.25. The number of aryl methyl sites for hydroxylation is 3. The van der Waals surface area contributed by atoms with E-state index < -0.39 is 34.5 Å². The molecular formula is C23H22ClF3N2O3. The first-order valence-electron chi connectivity index (χ1n) is 10.0. The number of carbonyl (C=O) groups is 3. The molecule has 0 bridgehead atoms. The molecule has 1 amide bonds. The number of benzene rings is 1. The highest BCUT2D eigenvalue weighted by molar-refractivity contribution is 6.33. The molecule has 1 aliphatic rings. The molecule has 5 nitrogen and oxygen atoms in total. The summed E-state index contributed by atoms with van der Waals surface area (Å²) in [7, 11) is 0. The SMILES string of the molecule is Cc1cc(C)c(C2C(=O)CC(CCNC(=O)c3ncc(C(F)(F)F)cc3Cl)C2=O)c(C)c1. The molecule has 1 fully saturated rings. The van der Waals surface area contributed by atoms with Crippen LogP contribution in [0.4, 0.5) is 13.2 Å². The van der Waals surface area contributed by atoms with Crippen molar-refractivity contribution in [1.29, 1.82) is 0 Å². The smallest absolute Gasteiger partial charge is 0.351 e. The molecule has 2 atom stereocenters. The highest BCUT2D eigenvalue weighted by atomic mass is 35.5. The summed E-state index contributed by atoms with van der Waals surface area (Å²) in [6, 6.07) is 4.52. The third-order valence-electron chi connectivity index (χ3n) is 5.65. The monoisotopic (exact) mass is 466 g/mol. The predicted molar refractivity (Wildman–Crippen MR) is 113 cm³/mol. The molecule has 0 saturated heterocycles. The van der Waals surface area contributed by atoms with Crippen molar-refractivity contribution in [2.75, 3.05) is 6.54 Å². The zero-order valence-corrected chi connectivity index (χ0v) is 18.5. The number of carbonyl (C=O) groups excluding carboxylic acids is 3. The second-order valence-electron chi connectivity index (χ2n) is 8.11. The van der Waals surface area contributed by atoms with Crippen LogP contribution in [-0.4, -0.2) is 29.0 Å². The summed E-state index contributed by atoms with van der Waals surface area (Å²) in [6.07, 6.45) is -3.76. The average molecular weight is 467 g/mol. The van der Waals surface area contributed by atoms with Crippen molar-refractivity contribution in [3.63, 3.8) is 0 Å². The van der Waals surface area contributed by atoms with Gasteiger partial charge in [0.15, 0.2) is 5.78 Å². The molecule has 1 saturated carbocycles. The predicted octanol–water partition coefficient (Wildman–Crippen LogP) is 4.74.